The minimum absolute atomic E-state index is 0.227. The van der Waals surface area contributed by atoms with Crippen molar-refractivity contribution >= 4 is 41.3 Å². The van der Waals surface area contributed by atoms with Gasteiger partial charge in [0.05, 0.1) is 31.0 Å². The van der Waals surface area contributed by atoms with Crippen molar-refractivity contribution in [3.8, 4) is 23.0 Å². The molecule has 0 fully saturated rings. The van der Waals surface area contributed by atoms with Gasteiger partial charge in [-0.05, 0) is 60.2 Å². The highest BCUT2D eigenvalue weighted by molar-refractivity contribution is 6.35. The number of carbonyl (C=O) groups is 2. The number of halogens is 2. The van der Waals surface area contributed by atoms with Crippen molar-refractivity contribution in [1.82, 2.24) is 5.43 Å². The van der Waals surface area contributed by atoms with Crippen molar-refractivity contribution in [1.29, 1.82) is 0 Å². The topological polar surface area (TPSA) is 95.5 Å². The van der Waals surface area contributed by atoms with Crippen LogP contribution in [-0.4, -0.2) is 38.9 Å². The minimum atomic E-state index is -0.563. The lowest BCUT2D eigenvalue weighted by Crippen LogP contribution is -2.24. The summed E-state index contributed by atoms with van der Waals surface area (Å²) in [6.45, 7) is -0.291. The first-order valence-electron chi connectivity index (χ1n) is 9.83. The van der Waals surface area contributed by atoms with E-state index in [0.29, 0.717) is 38.4 Å². The van der Waals surface area contributed by atoms with Gasteiger partial charge in [-0.15, -0.1) is 0 Å². The molecule has 0 saturated carbocycles. The average molecular weight is 503 g/mol. The zero-order chi connectivity index (χ0) is 24.5. The van der Waals surface area contributed by atoms with E-state index in [9.17, 15) is 9.59 Å². The van der Waals surface area contributed by atoms with Crippen LogP contribution in [0.15, 0.2) is 65.8 Å². The summed E-state index contributed by atoms with van der Waals surface area (Å²) in [6, 6.07) is 16.1. The molecule has 0 aliphatic rings. The second kappa shape index (κ2) is 11.9. The maximum absolute atomic E-state index is 12.5. The molecule has 0 aromatic heterocycles. The molecule has 0 spiro atoms. The number of hydrazone groups is 1. The number of nitrogens with one attached hydrogen (secondary N) is 1. The van der Waals surface area contributed by atoms with Crippen molar-refractivity contribution in [2.75, 3.05) is 20.8 Å². The molecule has 8 nitrogen and oxygen atoms in total. The molecule has 1 N–H and O–H groups in total. The monoisotopic (exact) mass is 502 g/mol. The third-order valence-corrected chi connectivity index (χ3v) is 4.88. The van der Waals surface area contributed by atoms with Gasteiger partial charge in [-0.1, -0.05) is 29.3 Å². The molecule has 0 bridgehead atoms. The molecule has 176 valence electrons. The second-order valence-electron chi connectivity index (χ2n) is 6.69. The first-order valence-corrected chi connectivity index (χ1v) is 10.6. The molecule has 0 saturated heterocycles. The Hall–Kier alpha value is -3.75. The molecule has 10 heteroatoms. The van der Waals surface area contributed by atoms with Crippen LogP contribution in [0.1, 0.15) is 15.9 Å². The van der Waals surface area contributed by atoms with Crippen molar-refractivity contribution in [2.45, 2.75) is 0 Å². The van der Waals surface area contributed by atoms with Gasteiger partial charge in [-0.3, -0.25) is 4.79 Å². The van der Waals surface area contributed by atoms with Crippen LogP contribution in [0.2, 0.25) is 10.0 Å². The molecular weight excluding hydrogens is 483 g/mol. The van der Waals surface area contributed by atoms with Crippen LogP contribution in [-0.2, 0) is 4.79 Å². The van der Waals surface area contributed by atoms with E-state index in [1.807, 2.05) is 0 Å². The van der Waals surface area contributed by atoms with E-state index in [2.05, 4.69) is 10.5 Å². The number of methoxy groups -OCH3 is 2. The normalized spacial score (nSPS) is 10.6. The number of nitrogens with zero attached hydrogens (tertiary/aromatic N) is 1. The maximum atomic E-state index is 12.5. The summed E-state index contributed by atoms with van der Waals surface area (Å²) in [5.74, 6) is 0.354. The van der Waals surface area contributed by atoms with Crippen molar-refractivity contribution in [2.24, 2.45) is 5.10 Å². The Labute approximate surface area is 206 Å². The fraction of sp³-hybridized carbons (Fsp3) is 0.125. The standard InChI is InChI=1S/C24H20Cl2N2O6/c1-31-18-5-3-4-16(11-18)24(30)34-21-8-6-15(10-22(21)32-2)13-27-28-23(29)14-33-20-9-7-17(25)12-19(20)26/h3-13H,14H2,1-2H3,(H,28,29)/b27-13-. The summed E-state index contributed by atoms with van der Waals surface area (Å²) in [5, 5.41) is 4.64. The SMILES string of the molecule is COc1cccc(C(=O)Oc2ccc(/C=N\NC(=O)COc3ccc(Cl)cc3Cl)cc2OC)c1. The Morgan fingerprint density at radius 1 is 0.941 bits per heavy atom. The molecule has 0 heterocycles. The maximum Gasteiger partial charge on any atom is 0.343 e. The molecule has 1 amide bonds. The highest BCUT2D eigenvalue weighted by Gasteiger charge is 2.13. The molecule has 34 heavy (non-hydrogen) atoms. The third kappa shape index (κ3) is 6.87. The number of hydrogen-bond donors (Lipinski definition) is 1. The zero-order valence-electron chi connectivity index (χ0n) is 18.2. The van der Waals surface area contributed by atoms with Crippen LogP contribution >= 0.6 is 23.2 Å². The lowest BCUT2D eigenvalue weighted by Gasteiger charge is -2.10. The molecule has 3 aromatic carbocycles. The first-order chi connectivity index (χ1) is 16.4. The number of amides is 1. The van der Waals surface area contributed by atoms with Gasteiger partial charge in [0.2, 0.25) is 0 Å². The van der Waals surface area contributed by atoms with Crippen LogP contribution in [0.4, 0.5) is 0 Å². The van der Waals surface area contributed by atoms with Gasteiger partial charge in [0, 0.05) is 5.02 Å². The van der Waals surface area contributed by atoms with Crippen LogP contribution in [0.25, 0.3) is 0 Å². The highest BCUT2D eigenvalue weighted by Crippen LogP contribution is 2.29. The van der Waals surface area contributed by atoms with Crippen LogP contribution in [0.5, 0.6) is 23.0 Å². The Morgan fingerprint density at radius 3 is 2.47 bits per heavy atom. The van der Waals surface area contributed by atoms with Crippen molar-refractivity contribution in [3.05, 3.63) is 81.8 Å². The molecule has 0 aliphatic heterocycles. The smallest absolute Gasteiger partial charge is 0.343 e. The van der Waals surface area contributed by atoms with Gasteiger partial charge in [0.25, 0.3) is 5.91 Å². The van der Waals surface area contributed by atoms with E-state index < -0.39 is 11.9 Å². The number of hydrogen-bond acceptors (Lipinski definition) is 7. The minimum Gasteiger partial charge on any atom is -0.497 e. The van der Waals surface area contributed by atoms with Gasteiger partial charge in [-0.25, -0.2) is 10.2 Å². The summed E-state index contributed by atoms with van der Waals surface area (Å²) in [5.41, 5.74) is 3.27. The zero-order valence-corrected chi connectivity index (χ0v) is 19.7. The van der Waals surface area contributed by atoms with Gasteiger partial charge in [0.15, 0.2) is 18.1 Å². The van der Waals surface area contributed by atoms with E-state index in [4.69, 9.17) is 42.1 Å². The summed E-state index contributed by atoms with van der Waals surface area (Å²) >= 11 is 11.8. The number of benzene rings is 3. The van der Waals surface area contributed by atoms with Gasteiger partial charge in [-0.2, -0.15) is 5.10 Å². The summed E-state index contributed by atoms with van der Waals surface area (Å²) in [7, 11) is 2.96. The predicted molar refractivity (Wildman–Crippen MR) is 129 cm³/mol. The first kappa shape index (κ1) is 24.9. The van der Waals surface area contributed by atoms with E-state index in [0.717, 1.165) is 0 Å². The summed E-state index contributed by atoms with van der Waals surface area (Å²) in [6.07, 6.45) is 1.41. The molecule has 0 unspecified atom stereocenters. The fourth-order valence-electron chi connectivity index (χ4n) is 2.70. The van der Waals surface area contributed by atoms with Crippen molar-refractivity contribution < 1.29 is 28.5 Å². The van der Waals surface area contributed by atoms with E-state index in [1.165, 1.54) is 26.5 Å². The Morgan fingerprint density at radius 2 is 1.74 bits per heavy atom. The predicted octanol–water partition coefficient (Wildman–Crippen LogP) is 4.76. The van der Waals surface area contributed by atoms with E-state index in [1.54, 1.807) is 54.6 Å². The number of ether oxygens (including phenoxy) is 4. The summed E-state index contributed by atoms with van der Waals surface area (Å²) < 4.78 is 21.2. The summed E-state index contributed by atoms with van der Waals surface area (Å²) in [4.78, 5) is 24.4. The van der Waals surface area contributed by atoms with E-state index >= 15 is 0 Å². The van der Waals surface area contributed by atoms with Gasteiger partial charge < -0.3 is 18.9 Å². The van der Waals surface area contributed by atoms with Gasteiger partial charge in [0.1, 0.15) is 11.5 Å². The molecule has 0 aliphatic carbocycles. The number of esters is 1. The molecule has 3 rings (SSSR count). The molecule has 0 radical (unpaired) electrons. The lowest BCUT2D eigenvalue weighted by molar-refractivity contribution is -0.123. The van der Waals surface area contributed by atoms with Crippen LogP contribution < -0.4 is 24.4 Å². The highest BCUT2D eigenvalue weighted by atomic mass is 35.5. The Bertz CT molecular complexity index is 1220. The number of carbonyl (C=O) groups excluding carboxylic acids is 2. The Balaban J connectivity index is 1.57. The van der Waals surface area contributed by atoms with Crippen LogP contribution in [0, 0.1) is 0 Å². The fourth-order valence-corrected chi connectivity index (χ4v) is 3.17. The third-order valence-electron chi connectivity index (χ3n) is 4.35. The van der Waals surface area contributed by atoms with E-state index in [-0.39, 0.29) is 12.4 Å². The number of rotatable bonds is 9. The molecule has 0 atom stereocenters. The molecular formula is C24H20Cl2N2O6. The largest absolute Gasteiger partial charge is 0.497 e. The quantitative estimate of drug-likeness (QED) is 0.196. The van der Waals surface area contributed by atoms with Gasteiger partial charge >= 0.3 is 5.97 Å². The molecule has 3 aromatic rings. The average Bonchev–Trinajstić information content (AvgIpc) is 2.84. The Kier molecular flexibility index (Phi) is 8.73. The van der Waals surface area contributed by atoms with Crippen molar-refractivity contribution in [3.63, 3.8) is 0 Å². The lowest BCUT2D eigenvalue weighted by atomic mass is 10.2. The second-order valence-corrected chi connectivity index (χ2v) is 7.53. The van der Waals surface area contributed by atoms with Crippen LogP contribution in [0.3, 0.4) is 0 Å².